The first kappa shape index (κ1) is 30.9. The van der Waals surface area contributed by atoms with Gasteiger partial charge < -0.3 is 5.32 Å². The van der Waals surface area contributed by atoms with Crippen LogP contribution in [-0.2, 0) is 37.0 Å². The first-order chi connectivity index (χ1) is 20.8. The minimum Gasteiger partial charge on any atom is -0.355 e. The van der Waals surface area contributed by atoms with E-state index >= 15 is 0 Å². The summed E-state index contributed by atoms with van der Waals surface area (Å²) < 4.78 is 84.8. The normalized spacial score (nSPS) is 14.0. The SMILES string of the molecule is CNC(=O)c1cc(-c2cccnc2[C@@H](CC(=O)Cn2nc(C(F)(F)F)c3c2CN(C)C3)Cc2cc(F)cc(F)c2)ccc1F. The molecule has 3 heterocycles. The lowest BCUT2D eigenvalue weighted by atomic mass is 9.86. The summed E-state index contributed by atoms with van der Waals surface area (Å²) in [5.74, 6) is -4.35. The van der Waals surface area contributed by atoms with Crippen LogP contribution in [0.15, 0.2) is 54.7 Å². The van der Waals surface area contributed by atoms with E-state index in [1.807, 2.05) is 0 Å². The number of amides is 1. The minimum atomic E-state index is -4.70. The van der Waals surface area contributed by atoms with Crippen LogP contribution < -0.4 is 5.32 Å². The molecule has 44 heavy (non-hydrogen) atoms. The Morgan fingerprint density at radius 3 is 2.43 bits per heavy atom. The maximum absolute atomic E-state index is 14.4. The summed E-state index contributed by atoms with van der Waals surface area (Å²) >= 11 is 0. The van der Waals surface area contributed by atoms with Gasteiger partial charge in [0, 0.05) is 55.9 Å². The van der Waals surface area contributed by atoms with Crippen LogP contribution in [0.4, 0.5) is 26.3 Å². The van der Waals surface area contributed by atoms with Gasteiger partial charge in [-0.25, -0.2) is 13.2 Å². The van der Waals surface area contributed by atoms with E-state index in [0.717, 1.165) is 22.9 Å². The van der Waals surface area contributed by atoms with Gasteiger partial charge in [0.1, 0.15) is 17.5 Å². The Labute approximate surface area is 248 Å². The summed E-state index contributed by atoms with van der Waals surface area (Å²) in [5.41, 5.74) is 0.444. The van der Waals surface area contributed by atoms with Crippen LogP contribution in [0.25, 0.3) is 11.1 Å². The van der Waals surface area contributed by atoms with E-state index in [1.165, 1.54) is 25.4 Å². The number of ketones is 1. The molecule has 1 aliphatic heterocycles. The zero-order valence-corrected chi connectivity index (χ0v) is 23.7. The Balaban J connectivity index is 1.53. The summed E-state index contributed by atoms with van der Waals surface area (Å²) in [5, 5.41) is 6.10. The van der Waals surface area contributed by atoms with Gasteiger partial charge in [-0.2, -0.15) is 18.3 Å². The van der Waals surface area contributed by atoms with Crippen molar-refractivity contribution < 1.29 is 35.9 Å². The average Bonchev–Trinajstić information content (AvgIpc) is 3.49. The number of nitrogens with zero attached hydrogens (tertiary/aromatic N) is 4. The summed E-state index contributed by atoms with van der Waals surface area (Å²) in [6.07, 6.45) is -3.56. The molecule has 230 valence electrons. The Kier molecular flexibility index (Phi) is 8.60. The Bertz CT molecular complexity index is 1710. The number of Topliss-reactive ketones (excluding diaryl/α,β-unsaturated/α-hetero) is 1. The molecule has 2 aromatic heterocycles. The fourth-order valence-electron chi connectivity index (χ4n) is 5.59. The molecule has 0 radical (unpaired) electrons. The number of hydrogen-bond donors (Lipinski definition) is 1. The molecule has 5 rings (SSSR count). The molecular formula is C31H27F6N5O2. The number of pyridine rings is 1. The van der Waals surface area contributed by atoms with Gasteiger partial charge in [-0.3, -0.25) is 24.2 Å². The van der Waals surface area contributed by atoms with Crippen LogP contribution >= 0.6 is 0 Å². The van der Waals surface area contributed by atoms with Crippen LogP contribution in [0.1, 0.15) is 50.9 Å². The molecule has 1 atom stereocenters. The fourth-order valence-corrected chi connectivity index (χ4v) is 5.59. The lowest BCUT2D eigenvalue weighted by Gasteiger charge is -2.20. The van der Waals surface area contributed by atoms with Gasteiger partial charge in [0.05, 0.1) is 23.5 Å². The van der Waals surface area contributed by atoms with Crippen molar-refractivity contribution >= 4 is 11.7 Å². The molecule has 0 unspecified atom stereocenters. The number of aromatic nitrogens is 3. The summed E-state index contributed by atoms with van der Waals surface area (Å²) in [4.78, 5) is 31.9. The van der Waals surface area contributed by atoms with Crippen LogP contribution in [0.3, 0.4) is 0 Å². The molecule has 0 saturated heterocycles. The van der Waals surface area contributed by atoms with Gasteiger partial charge in [-0.15, -0.1) is 0 Å². The maximum Gasteiger partial charge on any atom is 0.435 e. The topological polar surface area (TPSA) is 80.1 Å². The number of carbonyl (C=O) groups excluding carboxylic acids is 2. The molecule has 4 aromatic rings. The van der Waals surface area contributed by atoms with E-state index in [9.17, 15) is 35.9 Å². The van der Waals surface area contributed by atoms with E-state index in [1.54, 1.807) is 24.1 Å². The number of alkyl halides is 3. The predicted octanol–water partition coefficient (Wildman–Crippen LogP) is 5.67. The van der Waals surface area contributed by atoms with E-state index in [-0.39, 0.29) is 42.6 Å². The van der Waals surface area contributed by atoms with Crippen LogP contribution in [0.5, 0.6) is 0 Å². The molecule has 13 heteroatoms. The molecule has 7 nitrogen and oxygen atoms in total. The Morgan fingerprint density at radius 1 is 1.02 bits per heavy atom. The summed E-state index contributed by atoms with van der Waals surface area (Å²) in [6, 6.07) is 10.1. The lowest BCUT2D eigenvalue weighted by Crippen LogP contribution is -2.21. The number of carbonyl (C=O) groups is 2. The first-order valence-corrected chi connectivity index (χ1v) is 13.6. The zero-order chi connectivity index (χ0) is 31.8. The Morgan fingerprint density at radius 2 is 1.75 bits per heavy atom. The van der Waals surface area contributed by atoms with Gasteiger partial charge in [0.25, 0.3) is 5.91 Å². The number of hydrogen-bond acceptors (Lipinski definition) is 5. The van der Waals surface area contributed by atoms with E-state index < -0.39 is 53.5 Å². The molecule has 0 bridgehead atoms. The second-order valence-corrected chi connectivity index (χ2v) is 10.7. The fraction of sp³-hybridized carbons (Fsp3) is 0.290. The maximum atomic E-state index is 14.4. The molecule has 0 fully saturated rings. The van der Waals surface area contributed by atoms with Crippen LogP contribution in [-0.4, -0.2) is 45.5 Å². The van der Waals surface area contributed by atoms with E-state index in [0.29, 0.717) is 28.6 Å². The Hall–Kier alpha value is -4.52. The highest BCUT2D eigenvalue weighted by atomic mass is 19.4. The molecule has 0 spiro atoms. The minimum absolute atomic E-state index is 0.0230. The zero-order valence-electron chi connectivity index (χ0n) is 23.7. The quantitative estimate of drug-likeness (QED) is 0.246. The van der Waals surface area contributed by atoms with E-state index in [4.69, 9.17) is 0 Å². The molecule has 0 saturated carbocycles. The third-order valence-electron chi connectivity index (χ3n) is 7.46. The largest absolute Gasteiger partial charge is 0.435 e. The number of halogens is 6. The summed E-state index contributed by atoms with van der Waals surface area (Å²) in [6.45, 7) is -0.237. The second-order valence-electron chi connectivity index (χ2n) is 10.7. The molecule has 1 aliphatic rings. The first-order valence-electron chi connectivity index (χ1n) is 13.6. The monoisotopic (exact) mass is 615 g/mol. The van der Waals surface area contributed by atoms with Crippen LogP contribution in [0, 0.1) is 17.5 Å². The lowest BCUT2D eigenvalue weighted by molar-refractivity contribution is -0.142. The standard InChI is InChI=1S/C31H27F6N5O2/c1-38-30(44)24-12-18(5-6-26(24)34)23-4-3-7-39-28(23)19(8-17-9-20(32)13-21(33)10-17)11-22(43)14-42-27-16-41(2)15-25(27)29(40-42)31(35,36)37/h3-7,9-10,12-13,19H,8,11,14-16H2,1-2H3,(H,38,44)/t19-/m1/s1. The van der Waals surface area contributed by atoms with Crippen molar-refractivity contribution in [2.24, 2.45) is 0 Å². The third-order valence-corrected chi connectivity index (χ3v) is 7.46. The predicted molar refractivity (Wildman–Crippen MR) is 148 cm³/mol. The highest BCUT2D eigenvalue weighted by Gasteiger charge is 2.41. The number of benzene rings is 2. The average molecular weight is 616 g/mol. The smallest absolute Gasteiger partial charge is 0.355 e. The van der Waals surface area contributed by atoms with Crippen molar-refractivity contribution in [1.29, 1.82) is 0 Å². The molecule has 0 aliphatic carbocycles. The van der Waals surface area contributed by atoms with Crippen molar-refractivity contribution in [3.05, 3.63) is 106 Å². The molecule has 2 aromatic carbocycles. The molecular weight excluding hydrogens is 588 g/mol. The van der Waals surface area contributed by atoms with Gasteiger partial charge in [-0.05, 0) is 54.9 Å². The highest BCUT2D eigenvalue weighted by molar-refractivity contribution is 5.95. The van der Waals surface area contributed by atoms with Crippen molar-refractivity contribution in [2.75, 3.05) is 14.1 Å². The number of fused-ring (bicyclic) bond motifs is 1. The van der Waals surface area contributed by atoms with Crippen molar-refractivity contribution in [2.45, 2.75) is 44.6 Å². The number of nitrogens with one attached hydrogen (secondary N) is 1. The molecule has 1 amide bonds. The van der Waals surface area contributed by atoms with Gasteiger partial charge in [-0.1, -0.05) is 12.1 Å². The second kappa shape index (κ2) is 12.2. The van der Waals surface area contributed by atoms with Crippen molar-refractivity contribution in [1.82, 2.24) is 25.0 Å². The van der Waals surface area contributed by atoms with Crippen LogP contribution in [0.2, 0.25) is 0 Å². The molecule has 1 N–H and O–H groups in total. The van der Waals surface area contributed by atoms with E-state index in [2.05, 4.69) is 15.4 Å². The van der Waals surface area contributed by atoms with Crippen molar-refractivity contribution in [3.63, 3.8) is 0 Å². The highest BCUT2D eigenvalue weighted by Crippen LogP contribution is 2.37. The summed E-state index contributed by atoms with van der Waals surface area (Å²) in [7, 11) is 3.02. The van der Waals surface area contributed by atoms with Gasteiger partial charge in [0.15, 0.2) is 11.5 Å². The third kappa shape index (κ3) is 6.52. The number of rotatable bonds is 9. The van der Waals surface area contributed by atoms with Gasteiger partial charge in [0.2, 0.25) is 0 Å². The van der Waals surface area contributed by atoms with Crippen molar-refractivity contribution in [3.8, 4) is 11.1 Å². The van der Waals surface area contributed by atoms with Gasteiger partial charge >= 0.3 is 6.18 Å².